The maximum Gasteiger partial charge on any atom is 0.243 e. The first-order chi connectivity index (χ1) is 14.0. The first-order valence-corrected chi connectivity index (χ1v) is 11.9. The van der Waals surface area contributed by atoms with E-state index in [9.17, 15) is 13.2 Å². The maximum absolute atomic E-state index is 12.9. The van der Waals surface area contributed by atoms with E-state index in [0.717, 1.165) is 23.2 Å². The molecule has 0 aromatic heterocycles. The maximum atomic E-state index is 12.9. The van der Waals surface area contributed by atoms with Gasteiger partial charge in [-0.1, -0.05) is 49.9 Å². The van der Waals surface area contributed by atoms with Crippen LogP contribution in [0.4, 0.5) is 5.69 Å². The number of sulfonamides is 1. The average Bonchev–Trinajstić information content (AvgIpc) is 3.26. The molecule has 0 bridgehead atoms. The zero-order valence-corrected chi connectivity index (χ0v) is 17.5. The number of nitrogens with zero attached hydrogens (tertiary/aromatic N) is 1. The van der Waals surface area contributed by atoms with E-state index in [1.165, 1.54) is 30.0 Å². The van der Waals surface area contributed by atoms with E-state index in [4.69, 9.17) is 0 Å². The fourth-order valence-electron chi connectivity index (χ4n) is 4.41. The molecule has 2 aliphatic rings. The summed E-state index contributed by atoms with van der Waals surface area (Å²) in [7, 11) is -3.51. The minimum Gasteiger partial charge on any atom is -0.326 e. The number of anilines is 1. The minimum atomic E-state index is -3.51. The molecule has 0 spiro atoms. The summed E-state index contributed by atoms with van der Waals surface area (Å²) in [6, 6.07) is 14.4. The largest absolute Gasteiger partial charge is 0.326 e. The normalized spacial score (nSPS) is 17.8. The van der Waals surface area contributed by atoms with Crippen molar-refractivity contribution in [3.63, 3.8) is 0 Å². The zero-order chi connectivity index (χ0) is 20.3. The van der Waals surface area contributed by atoms with Gasteiger partial charge >= 0.3 is 0 Å². The molecular weight excluding hydrogens is 384 g/mol. The lowest BCUT2D eigenvalue weighted by Gasteiger charge is -2.28. The summed E-state index contributed by atoms with van der Waals surface area (Å²) in [5.41, 5.74) is 2.86. The summed E-state index contributed by atoms with van der Waals surface area (Å²) in [5.74, 6) is 0.738. The van der Waals surface area contributed by atoms with Crippen LogP contribution in [0.3, 0.4) is 0 Å². The minimum absolute atomic E-state index is 0.0430. The van der Waals surface area contributed by atoms with Gasteiger partial charge in [-0.2, -0.15) is 4.31 Å². The fraction of sp³-hybridized carbons (Fsp3) is 0.435. The summed E-state index contributed by atoms with van der Waals surface area (Å²) in [6.07, 6.45) is 7.27. The van der Waals surface area contributed by atoms with Gasteiger partial charge < -0.3 is 5.32 Å². The monoisotopic (exact) mass is 412 g/mol. The molecule has 1 heterocycles. The lowest BCUT2D eigenvalue weighted by molar-refractivity contribution is -0.116. The molecule has 29 heavy (non-hydrogen) atoms. The van der Waals surface area contributed by atoms with Crippen molar-refractivity contribution < 1.29 is 13.2 Å². The van der Waals surface area contributed by atoms with Crippen LogP contribution in [0.5, 0.6) is 0 Å². The van der Waals surface area contributed by atoms with E-state index in [2.05, 4.69) is 5.32 Å². The van der Waals surface area contributed by atoms with Gasteiger partial charge in [-0.15, -0.1) is 0 Å². The number of hydrogen-bond acceptors (Lipinski definition) is 3. The molecular formula is C23H28N2O3S. The molecule has 5 nitrogen and oxygen atoms in total. The molecule has 4 rings (SSSR count). The Hall–Kier alpha value is -2.18. The van der Waals surface area contributed by atoms with E-state index in [1.807, 2.05) is 24.3 Å². The highest BCUT2D eigenvalue weighted by Crippen LogP contribution is 2.29. The molecule has 1 amide bonds. The number of nitrogens with one attached hydrogen (secondary N) is 1. The second kappa shape index (κ2) is 8.67. The Labute approximate surface area is 173 Å². The average molecular weight is 413 g/mol. The van der Waals surface area contributed by atoms with Gasteiger partial charge in [0.2, 0.25) is 15.9 Å². The summed E-state index contributed by atoms with van der Waals surface area (Å²) < 4.78 is 27.4. The Kier molecular flexibility index (Phi) is 6.01. The lowest BCUT2D eigenvalue weighted by atomic mass is 10.00. The third kappa shape index (κ3) is 4.70. The molecule has 1 aliphatic carbocycles. The van der Waals surface area contributed by atoms with Crippen LogP contribution in [0.25, 0.3) is 0 Å². The second-order valence-corrected chi connectivity index (χ2v) is 10.1. The highest BCUT2D eigenvalue weighted by Gasteiger charge is 2.28. The van der Waals surface area contributed by atoms with Crippen molar-refractivity contribution in [3.8, 4) is 0 Å². The third-order valence-corrected chi connectivity index (χ3v) is 7.96. The number of rotatable bonds is 6. The topological polar surface area (TPSA) is 66.5 Å². The van der Waals surface area contributed by atoms with Gasteiger partial charge in [-0.25, -0.2) is 8.42 Å². The number of benzene rings is 2. The molecule has 1 aliphatic heterocycles. The zero-order valence-electron chi connectivity index (χ0n) is 16.6. The van der Waals surface area contributed by atoms with Gasteiger partial charge in [0.05, 0.1) is 4.90 Å². The summed E-state index contributed by atoms with van der Waals surface area (Å²) in [4.78, 5) is 12.6. The van der Waals surface area contributed by atoms with Crippen molar-refractivity contribution in [2.24, 2.45) is 5.92 Å². The van der Waals surface area contributed by atoms with Crippen LogP contribution >= 0.6 is 0 Å². The molecule has 2 aromatic rings. The Morgan fingerprint density at radius 2 is 1.79 bits per heavy atom. The molecule has 0 unspecified atom stereocenters. The molecule has 0 saturated heterocycles. The van der Waals surface area contributed by atoms with Crippen molar-refractivity contribution in [1.82, 2.24) is 4.31 Å². The predicted molar refractivity (Wildman–Crippen MR) is 114 cm³/mol. The number of carbonyl (C=O) groups is 1. The Bertz CT molecular complexity index is 967. The van der Waals surface area contributed by atoms with Crippen LogP contribution in [0.1, 0.15) is 49.7 Å². The van der Waals surface area contributed by atoms with Crippen LogP contribution in [-0.2, 0) is 27.8 Å². The van der Waals surface area contributed by atoms with Crippen LogP contribution in [0.2, 0.25) is 0 Å². The molecule has 1 fully saturated rings. The second-order valence-electron chi connectivity index (χ2n) is 8.12. The first kappa shape index (κ1) is 20.1. The number of fused-ring (bicyclic) bond motifs is 1. The number of carbonyl (C=O) groups excluding carboxylic acids is 1. The van der Waals surface area contributed by atoms with Gasteiger partial charge in [0.1, 0.15) is 0 Å². The van der Waals surface area contributed by atoms with Gasteiger partial charge in [0.25, 0.3) is 0 Å². The van der Waals surface area contributed by atoms with Crippen molar-refractivity contribution in [2.75, 3.05) is 11.9 Å². The van der Waals surface area contributed by atoms with E-state index in [1.54, 1.807) is 24.3 Å². The van der Waals surface area contributed by atoms with Gasteiger partial charge in [-0.3, -0.25) is 4.79 Å². The van der Waals surface area contributed by atoms with Crippen molar-refractivity contribution in [2.45, 2.75) is 56.4 Å². The SMILES string of the molecule is O=C(CCC1CCCC1)Nc1ccc2c(c1)CN(S(=O)(=O)c1ccccc1)CC2. The quantitative estimate of drug-likeness (QED) is 0.767. The van der Waals surface area contributed by atoms with E-state index in [0.29, 0.717) is 36.7 Å². The van der Waals surface area contributed by atoms with Crippen molar-refractivity contribution >= 4 is 21.6 Å². The Morgan fingerprint density at radius 3 is 2.55 bits per heavy atom. The molecule has 0 radical (unpaired) electrons. The van der Waals surface area contributed by atoms with E-state index >= 15 is 0 Å². The van der Waals surface area contributed by atoms with Crippen LogP contribution in [0.15, 0.2) is 53.4 Å². The number of hydrogen-bond donors (Lipinski definition) is 1. The molecule has 0 atom stereocenters. The highest BCUT2D eigenvalue weighted by molar-refractivity contribution is 7.89. The molecule has 154 valence electrons. The third-order valence-electron chi connectivity index (χ3n) is 6.10. The summed E-state index contributed by atoms with van der Waals surface area (Å²) in [6.45, 7) is 0.801. The fourth-order valence-corrected chi connectivity index (χ4v) is 5.85. The van der Waals surface area contributed by atoms with E-state index < -0.39 is 10.0 Å². The molecule has 2 aromatic carbocycles. The predicted octanol–water partition coefficient (Wildman–Crippen LogP) is 4.34. The van der Waals surface area contributed by atoms with Crippen LogP contribution in [-0.4, -0.2) is 25.2 Å². The first-order valence-electron chi connectivity index (χ1n) is 10.5. The van der Waals surface area contributed by atoms with Gasteiger partial charge in [0, 0.05) is 25.2 Å². The highest BCUT2D eigenvalue weighted by atomic mass is 32.2. The summed E-state index contributed by atoms with van der Waals surface area (Å²) in [5, 5.41) is 2.99. The Morgan fingerprint density at radius 1 is 1.03 bits per heavy atom. The van der Waals surface area contributed by atoms with Crippen molar-refractivity contribution in [3.05, 3.63) is 59.7 Å². The smallest absolute Gasteiger partial charge is 0.243 e. The van der Waals surface area contributed by atoms with Gasteiger partial charge in [0.15, 0.2) is 0 Å². The standard InChI is InChI=1S/C23H28N2O3S/c26-23(13-10-18-6-4-5-7-18)24-21-12-11-19-14-15-25(17-20(19)16-21)29(27,28)22-8-2-1-3-9-22/h1-3,8-9,11-12,16,18H,4-7,10,13-15,17H2,(H,24,26). The Balaban J connectivity index is 1.42. The number of amides is 1. The van der Waals surface area contributed by atoms with Crippen LogP contribution in [0, 0.1) is 5.92 Å². The van der Waals surface area contributed by atoms with E-state index in [-0.39, 0.29) is 5.91 Å². The van der Waals surface area contributed by atoms with Crippen molar-refractivity contribution in [1.29, 1.82) is 0 Å². The molecule has 1 N–H and O–H groups in total. The molecule has 1 saturated carbocycles. The lowest BCUT2D eigenvalue weighted by Crippen LogP contribution is -2.36. The summed E-state index contributed by atoms with van der Waals surface area (Å²) >= 11 is 0. The molecule has 6 heteroatoms. The van der Waals surface area contributed by atoms with Crippen LogP contribution < -0.4 is 5.32 Å². The van der Waals surface area contributed by atoms with Gasteiger partial charge in [-0.05, 0) is 54.2 Å².